The third-order valence-electron chi connectivity index (χ3n) is 4.88. The summed E-state index contributed by atoms with van der Waals surface area (Å²) in [4.78, 5) is 25.0. The van der Waals surface area contributed by atoms with Crippen molar-refractivity contribution in [3.63, 3.8) is 0 Å². The summed E-state index contributed by atoms with van der Waals surface area (Å²) >= 11 is 0. The summed E-state index contributed by atoms with van der Waals surface area (Å²) in [6.07, 6.45) is 6.86. The van der Waals surface area contributed by atoms with Crippen LogP contribution in [0.5, 0.6) is 0 Å². The standard InChI is InChI=1S/C20H26N4O/c1-23(2)18-8-5-16(6-9-18)7-10-20(25)24-13-3-4-17(14-24)19-11-12-21-15-22-19/h5-6,8-9,11-12,15,17H,3-4,7,10,13-14H2,1-2H3. The van der Waals surface area contributed by atoms with Crippen molar-refractivity contribution < 1.29 is 4.79 Å². The van der Waals surface area contributed by atoms with Gasteiger partial charge in [-0.25, -0.2) is 9.97 Å². The van der Waals surface area contributed by atoms with Crippen molar-refractivity contribution in [3.05, 3.63) is 54.1 Å². The van der Waals surface area contributed by atoms with Crippen molar-refractivity contribution in [2.75, 3.05) is 32.1 Å². The highest BCUT2D eigenvalue weighted by Gasteiger charge is 2.25. The molecule has 1 unspecified atom stereocenters. The fraction of sp³-hybridized carbons (Fsp3) is 0.450. The first kappa shape index (κ1) is 17.4. The van der Waals surface area contributed by atoms with Gasteiger partial charge in [0, 0.05) is 57.1 Å². The molecule has 1 aromatic carbocycles. The van der Waals surface area contributed by atoms with Gasteiger partial charge in [-0.3, -0.25) is 4.79 Å². The summed E-state index contributed by atoms with van der Waals surface area (Å²) in [5.74, 6) is 0.579. The Hall–Kier alpha value is -2.43. The second-order valence-corrected chi connectivity index (χ2v) is 6.87. The summed E-state index contributed by atoms with van der Waals surface area (Å²) in [6, 6.07) is 10.4. The number of carbonyl (C=O) groups excluding carboxylic acids is 1. The molecule has 1 saturated heterocycles. The van der Waals surface area contributed by atoms with Crippen LogP contribution in [0, 0.1) is 0 Å². The van der Waals surface area contributed by atoms with Gasteiger partial charge in [-0.1, -0.05) is 12.1 Å². The topological polar surface area (TPSA) is 49.3 Å². The fourth-order valence-electron chi connectivity index (χ4n) is 3.36. The van der Waals surface area contributed by atoms with Crippen LogP contribution >= 0.6 is 0 Å². The van der Waals surface area contributed by atoms with Gasteiger partial charge in [-0.05, 0) is 43.0 Å². The molecule has 1 amide bonds. The SMILES string of the molecule is CN(C)c1ccc(CCC(=O)N2CCCC(c3ccncn3)C2)cc1. The molecule has 1 atom stereocenters. The van der Waals surface area contributed by atoms with Crippen molar-refractivity contribution in [2.45, 2.75) is 31.6 Å². The second kappa shape index (κ2) is 8.10. The number of carbonyl (C=O) groups is 1. The van der Waals surface area contributed by atoms with Crippen molar-refractivity contribution in [2.24, 2.45) is 0 Å². The van der Waals surface area contributed by atoms with Crippen molar-refractivity contribution in [1.82, 2.24) is 14.9 Å². The lowest BCUT2D eigenvalue weighted by molar-refractivity contribution is -0.132. The number of hydrogen-bond acceptors (Lipinski definition) is 4. The van der Waals surface area contributed by atoms with E-state index in [0.29, 0.717) is 12.3 Å². The van der Waals surface area contributed by atoms with Crippen LogP contribution in [-0.2, 0) is 11.2 Å². The van der Waals surface area contributed by atoms with Crippen LogP contribution in [0.15, 0.2) is 42.9 Å². The zero-order valence-electron chi connectivity index (χ0n) is 15.1. The van der Waals surface area contributed by atoms with E-state index in [2.05, 4.69) is 39.1 Å². The molecule has 5 nitrogen and oxygen atoms in total. The molecule has 0 bridgehead atoms. The molecule has 5 heteroatoms. The van der Waals surface area contributed by atoms with E-state index in [9.17, 15) is 4.79 Å². The Morgan fingerprint density at radius 3 is 2.72 bits per heavy atom. The first-order valence-electron chi connectivity index (χ1n) is 8.93. The number of nitrogens with zero attached hydrogens (tertiary/aromatic N) is 4. The molecule has 0 saturated carbocycles. The largest absolute Gasteiger partial charge is 0.378 e. The van der Waals surface area contributed by atoms with Gasteiger partial charge < -0.3 is 9.80 Å². The van der Waals surface area contributed by atoms with E-state index >= 15 is 0 Å². The number of likely N-dealkylation sites (tertiary alicyclic amines) is 1. The molecule has 2 aromatic rings. The Labute approximate surface area is 149 Å². The average Bonchev–Trinajstić information content (AvgIpc) is 2.67. The zero-order chi connectivity index (χ0) is 17.6. The van der Waals surface area contributed by atoms with Gasteiger partial charge in [0.25, 0.3) is 0 Å². The first-order chi connectivity index (χ1) is 12.1. The molecule has 1 aliphatic heterocycles. The minimum Gasteiger partial charge on any atom is -0.378 e. The van der Waals surface area contributed by atoms with E-state index in [1.165, 1.54) is 11.3 Å². The second-order valence-electron chi connectivity index (χ2n) is 6.87. The lowest BCUT2D eigenvalue weighted by Gasteiger charge is -2.32. The normalized spacial score (nSPS) is 17.4. The highest BCUT2D eigenvalue weighted by molar-refractivity contribution is 5.76. The number of amides is 1. The average molecular weight is 338 g/mol. The molecule has 0 radical (unpaired) electrons. The van der Waals surface area contributed by atoms with Gasteiger partial charge in [0.1, 0.15) is 6.33 Å². The quantitative estimate of drug-likeness (QED) is 0.841. The van der Waals surface area contributed by atoms with Crippen LogP contribution in [0.3, 0.4) is 0 Å². The van der Waals surface area contributed by atoms with Crippen molar-refractivity contribution in [1.29, 1.82) is 0 Å². The molecule has 0 N–H and O–H groups in total. The predicted octanol–water partition coefficient (Wildman–Crippen LogP) is 2.88. The van der Waals surface area contributed by atoms with Crippen molar-refractivity contribution in [3.8, 4) is 0 Å². The zero-order valence-corrected chi connectivity index (χ0v) is 15.1. The lowest BCUT2D eigenvalue weighted by Crippen LogP contribution is -2.39. The molecular formula is C20H26N4O. The Bertz CT molecular complexity index is 685. The third-order valence-corrected chi connectivity index (χ3v) is 4.88. The Kier molecular flexibility index (Phi) is 5.64. The van der Waals surface area contributed by atoms with E-state index in [4.69, 9.17) is 0 Å². The summed E-state index contributed by atoms with van der Waals surface area (Å²) in [5.41, 5.74) is 3.44. The number of hydrogen-bond donors (Lipinski definition) is 0. The molecule has 1 aromatic heterocycles. The van der Waals surface area contributed by atoms with Crippen LogP contribution in [0.1, 0.15) is 36.4 Å². The van der Waals surface area contributed by atoms with Crippen LogP contribution in [-0.4, -0.2) is 48.0 Å². The van der Waals surface area contributed by atoms with Crippen LogP contribution in [0.2, 0.25) is 0 Å². The van der Waals surface area contributed by atoms with E-state index in [0.717, 1.165) is 38.0 Å². The van der Waals surface area contributed by atoms with E-state index < -0.39 is 0 Å². The fourth-order valence-corrected chi connectivity index (χ4v) is 3.36. The Balaban J connectivity index is 1.54. The van der Waals surface area contributed by atoms with Crippen LogP contribution in [0.4, 0.5) is 5.69 Å². The molecule has 0 aliphatic carbocycles. The minimum atomic E-state index is 0.246. The maximum atomic E-state index is 12.6. The molecule has 2 heterocycles. The maximum Gasteiger partial charge on any atom is 0.222 e. The molecule has 3 rings (SSSR count). The number of rotatable bonds is 5. The Morgan fingerprint density at radius 1 is 1.24 bits per heavy atom. The third kappa shape index (κ3) is 4.56. The number of anilines is 1. The van der Waals surface area contributed by atoms with Crippen molar-refractivity contribution >= 4 is 11.6 Å². The maximum absolute atomic E-state index is 12.6. The monoisotopic (exact) mass is 338 g/mol. The molecule has 0 spiro atoms. The van der Waals surface area contributed by atoms with Gasteiger partial charge in [0.2, 0.25) is 5.91 Å². The molecule has 132 valence electrons. The number of benzene rings is 1. The molecule has 1 aliphatic rings. The minimum absolute atomic E-state index is 0.246. The van der Waals surface area contributed by atoms with Gasteiger partial charge in [0.15, 0.2) is 0 Å². The predicted molar refractivity (Wildman–Crippen MR) is 99.7 cm³/mol. The van der Waals surface area contributed by atoms with Gasteiger partial charge in [-0.2, -0.15) is 0 Å². The number of aromatic nitrogens is 2. The highest BCUT2D eigenvalue weighted by Crippen LogP contribution is 2.25. The molecular weight excluding hydrogens is 312 g/mol. The van der Waals surface area contributed by atoms with E-state index in [1.807, 2.05) is 25.1 Å². The first-order valence-corrected chi connectivity index (χ1v) is 8.93. The van der Waals surface area contributed by atoms with Crippen LogP contribution < -0.4 is 4.90 Å². The van der Waals surface area contributed by atoms with E-state index in [1.54, 1.807) is 12.5 Å². The van der Waals surface area contributed by atoms with Gasteiger partial charge >= 0.3 is 0 Å². The van der Waals surface area contributed by atoms with Gasteiger partial charge in [-0.15, -0.1) is 0 Å². The summed E-state index contributed by atoms with van der Waals surface area (Å²) in [6.45, 7) is 1.63. The Morgan fingerprint density at radius 2 is 2.04 bits per heavy atom. The summed E-state index contributed by atoms with van der Waals surface area (Å²) in [7, 11) is 4.06. The number of aryl methyl sites for hydroxylation is 1. The molecule has 1 fully saturated rings. The van der Waals surface area contributed by atoms with Gasteiger partial charge in [0.05, 0.1) is 0 Å². The van der Waals surface area contributed by atoms with Crippen LogP contribution in [0.25, 0.3) is 0 Å². The summed E-state index contributed by atoms with van der Waals surface area (Å²) in [5, 5.41) is 0. The molecule has 25 heavy (non-hydrogen) atoms. The van der Waals surface area contributed by atoms with E-state index in [-0.39, 0.29) is 5.91 Å². The smallest absolute Gasteiger partial charge is 0.222 e. The summed E-state index contributed by atoms with van der Waals surface area (Å²) < 4.78 is 0. The number of piperidine rings is 1. The lowest BCUT2D eigenvalue weighted by atomic mass is 9.94. The highest BCUT2D eigenvalue weighted by atomic mass is 16.2.